The van der Waals surface area contributed by atoms with E-state index in [0.717, 1.165) is 22.9 Å². The van der Waals surface area contributed by atoms with E-state index >= 15 is 0 Å². The molecule has 0 aromatic heterocycles. The topological polar surface area (TPSA) is 89.9 Å². The maximum Gasteiger partial charge on any atom is 0.294 e. The average molecular weight is 441 g/mol. The number of methoxy groups -OCH3 is 1. The minimum atomic E-state index is -4.48. The number of carbonyl (C=O) groups is 1. The predicted molar refractivity (Wildman–Crippen MR) is 118 cm³/mol. The molecule has 162 valence electrons. The van der Waals surface area contributed by atoms with Crippen molar-refractivity contribution in [3.63, 3.8) is 0 Å². The smallest absolute Gasteiger partial charge is 0.294 e. The lowest BCUT2D eigenvalue weighted by atomic mass is 9.78. The van der Waals surface area contributed by atoms with Gasteiger partial charge in [0, 0.05) is 17.0 Å². The summed E-state index contributed by atoms with van der Waals surface area (Å²) in [7, 11) is -2.85. The van der Waals surface area contributed by atoms with Crippen molar-refractivity contribution in [2.24, 2.45) is 0 Å². The highest BCUT2D eigenvalue weighted by Crippen LogP contribution is 2.34. The fourth-order valence-electron chi connectivity index (χ4n) is 3.23. The molecule has 0 radical (unpaired) electrons. The van der Waals surface area contributed by atoms with Crippen molar-refractivity contribution >= 4 is 15.9 Å². The molecule has 0 amide bonds. The van der Waals surface area contributed by atoms with Crippen LogP contribution in [0.4, 0.5) is 0 Å². The molecule has 0 unspecified atom stereocenters. The van der Waals surface area contributed by atoms with E-state index in [-0.39, 0.29) is 22.5 Å². The summed E-state index contributed by atoms with van der Waals surface area (Å²) in [6.07, 6.45) is 0. The van der Waals surface area contributed by atoms with Crippen LogP contribution >= 0.6 is 0 Å². The van der Waals surface area contributed by atoms with Crippen molar-refractivity contribution in [1.29, 1.82) is 0 Å². The molecule has 0 saturated heterocycles. The van der Waals surface area contributed by atoms with E-state index in [1.807, 2.05) is 36.4 Å². The van der Waals surface area contributed by atoms with Crippen LogP contribution in [-0.4, -0.2) is 25.9 Å². The lowest BCUT2D eigenvalue weighted by Gasteiger charge is -2.26. The highest BCUT2D eigenvalue weighted by Gasteiger charge is 2.23. The third kappa shape index (κ3) is 5.13. The number of hydrogen-bond donors (Lipinski definition) is 1. The third-order valence-electron chi connectivity index (χ3n) is 5.21. The maximum absolute atomic E-state index is 11.7. The predicted octanol–water partition coefficient (Wildman–Crippen LogP) is 5.26. The van der Waals surface area contributed by atoms with Crippen LogP contribution in [0.1, 0.15) is 42.3 Å². The van der Waals surface area contributed by atoms with Crippen molar-refractivity contribution in [1.82, 2.24) is 0 Å². The largest absolute Gasteiger partial charge is 0.497 e. The number of ether oxygens (including phenoxy) is 2. The van der Waals surface area contributed by atoms with Gasteiger partial charge in [0.1, 0.15) is 17.2 Å². The van der Waals surface area contributed by atoms with E-state index in [9.17, 15) is 17.8 Å². The molecule has 3 aromatic carbocycles. The molecule has 0 aliphatic heterocycles. The molecule has 0 aliphatic carbocycles. The number of ketones is 1. The van der Waals surface area contributed by atoms with Gasteiger partial charge < -0.3 is 9.47 Å². The first kappa shape index (κ1) is 22.5. The normalized spacial score (nSPS) is 11.8. The van der Waals surface area contributed by atoms with Crippen LogP contribution in [0, 0.1) is 0 Å². The maximum atomic E-state index is 11.7. The second kappa shape index (κ2) is 8.53. The van der Waals surface area contributed by atoms with Gasteiger partial charge in [0.05, 0.1) is 12.0 Å². The minimum absolute atomic E-state index is 0.127. The minimum Gasteiger partial charge on any atom is -0.497 e. The molecule has 7 heteroatoms. The Morgan fingerprint density at radius 2 is 1.35 bits per heavy atom. The van der Waals surface area contributed by atoms with Gasteiger partial charge in [-0.05, 0) is 54.4 Å². The third-order valence-corrected chi connectivity index (χ3v) is 6.04. The van der Waals surface area contributed by atoms with Crippen LogP contribution in [0.25, 0.3) is 0 Å². The number of Topliss-reactive ketones (excluding diaryl/α,β-unsaturated/α-hetero) is 1. The Balaban J connectivity index is 1.88. The molecule has 1 N–H and O–H groups in total. The fraction of sp³-hybridized carbons (Fsp3) is 0.208. The fourth-order valence-corrected chi connectivity index (χ4v) is 3.77. The second-order valence-electron chi connectivity index (χ2n) is 7.70. The zero-order chi connectivity index (χ0) is 22.8. The van der Waals surface area contributed by atoms with Gasteiger partial charge in [-0.3, -0.25) is 9.35 Å². The lowest BCUT2D eigenvalue weighted by molar-refractivity contribution is 0.101. The molecule has 31 heavy (non-hydrogen) atoms. The quantitative estimate of drug-likeness (QED) is 0.398. The van der Waals surface area contributed by atoms with Crippen molar-refractivity contribution in [3.8, 4) is 17.2 Å². The van der Waals surface area contributed by atoms with E-state index < -0.39 is 15.0 Å². The van der Waals surface area contributed by atoms with Crippen LogP contribution < -0.4 is 9.47 Å². The van der Waals surface area contributed by atoms with Gasteiger partial charge in [0.15, 0.2) is 5.78 Å². The molecule has 6 nitrogen and oxygen atoms in total. The van der Waals surface area contributed by atoms with Gasteiger partial charge in [-0.1, -0.05) is 38.1 Å². The Bertz CT molecular complexity index is 1190. The zero-order valence-electron chi connectivity index (χ0n) is 17.7. The first-order valence-corrected chi connectivity index (χ1v) is 11.0. The Kier molecular flexibility index (Phi) is 6.20. The van der Waals surface area contributed by atoms with Crippen molar-refractivity contribution in [2.45, 2.75) is 31.1 Å². The molecular formula is C24H24O6S. The SMILES string of the molecule is COc1ccc(C(C)(C)c2ccc(Oc3cc(C(C)=O)cc(S(=O)(=O)O)c3)cc2)cc1. The lowest BCUT2D eigenvalue weighted by Crippen LogP contribution is -2.18. The highest BCUT2D eigenvalue weighted by atomic mass is 32.2. The standard InChI is InChI=1S/C24H24O6S/c1-16(25)17-13-22(15-23(14-17)31(26,27)28)30-21-11-7-19(8-12-21)24(2,3)18-5-9-20(29-4)10-6-18/h5-15H,1-4H3,(H,26,27,28). The molecule has 0 heterocycles. The number of carbonyl (C=O) groups excluding carboxylic acids is 1. The van der Waals surface area contributed by atoms with Gasteiger partial charge in [0.25, 0.3) is 10.1 Å². The summed E-state index contributed by atoms with van der Waals surface area (Å²) < 4.78 is 43.4. The van der Waals surface area contributed by atoms with Crippen LogP contribution in [0.2, 0.25) is 0 Å². The summed E-state index contributed by atoms with van der Waals surface area (Å²) in [6, 6.07) is 19.0. The van der Waals surface area contributed by atoms with E-state index in [1.54, 1.807) is 19.2 Å². The Labute approximate surface area is 182 Å². The van der Waals surface area contributed by atoms with Gasteiger partial charge in [-0.25, -0.2) is 0 Å². The second-order valence-corrected chi connectivity index (χ2v) is 9.13. The first-order valence-electron chi connectivity index (χ1n) is 9.57. The van der Waals surface area contributed by atoms with Crippen LogP contribution in [0.15, 0.2) is 71.6 Å². The molecule has 0 fully saturated rings. The summed E-state index contributed by atoms with van der Waals surface area (Å²) in [4.78, 5) is 11.3. The summed E-state index contributed by atoms with van der Waals surface area (Å²) >= 11 is 0. The van der Waals surface area contributed by atoms with Crippen molar-refractivity contribution in [3.05, 3.63) is 83.4 Å². The van der Waals surface area contributed by atoms with Crippen molar-refractivity contribution < 1.29 is 27.2 Å². The molecular weight excluding hydrogens is 416 g/mol. The van der Waals surface area contributed by atoms with E-state index in [2.05, 4.69) is 13.8 Å². The molecule has 0 spiro atoms. The van der Waals surface area contributed by atoms with Gasteiger partial charge in [-0.15, -0.1) is 0 Å². The van der Waals surface area contributed by atoms with E-state index in [1.165, 1.54) is 19.1 Å². The monoisotopic (exact) mass is 440 g/mol. The highest BCUT2D eigenvalue weighted by molar-refractivity contribution is 7.85. The van der Waals surface area contributed by atoms with Gasteiger partial charge >= 0.3 is 0 Å². The Morgan fingerprint density at radius 3 is 1.81 bits per heavy atom. The molecule has 0 saturated carbocycles. The number of hydrogen-bond acceptors (Lipinski definition) is 5. The van der Waals surface area contributed by atoms with Crippen LogP contribution in [0.5, 0.6) is 17.2 Å². The Morgan fingerprint density at radius 1 is 0.839 bits per heavy atom. The molecule has 0 atom stereocenters. The molecule has 3 rings (SSSR count). The van der Waals surface area contributed by atoms with Gasteiger partial charge in [-0.2, -0.15) is 8.42 Å². The van der Waals surface area contributed by atoms with E-state index in [0.29, 0.717) is 5.75 Å². The van der Waals surface area contributed by atoms with Crippen LogP contribution in [-0.2, 0) is 15.5 Å². The average Bonchev–Trinajstić information content (AvgIpc) is 2.73. The van der Waals surface area contributed by atoms with E-state index in [4.69, 9.17) is 9.47 Å². The Hall–Kier alpha value is -3.16. The zero-order valence-corrected chi connectivity index (χ0v) is 18.6. The molecule has 0 aliphatic rings. The summed E-state index contributed by atoms with van der Waals surface area (Å²) in [5, 5.41) is 0. The van der Waals surface area contributed by atoms with Crippen molar-refractivity contribution in [2.75, 3.05) is 7.11 Å². The summed E-state index contributed by atoms with van der Waals surface area (Å²) in [5.74, 6) is 1.06. The summed E-state index contributed by atoms with van der Waals surface area (Å²) in [5.41, 5.74) is 2.04. The molecule has 0 bridgehead atoms. The first-order chi connectivity index (χ1) is 14.5. The molecule has 3 aromatic rings. The number of benzene rings is 3. The number of rotatable bonds is 7. The summed E-state index contributed by atoms with van der Waals surface area (Å²) in [6.45, 7) is 5.53. The van der Waals surface area contributed by atoms with Gasteiger partial charge in [0.2, 0.25) is 0 Å². The van der Waals surface area contributed by atoms with Crippen LogP contribution in [0.3, 0.4) is 0 Å².